The average Bonchev–Trinajstić information content (AvgIpc) is 3.50. The number of piperidine rings is 1. The maximum atomic E-state index is 14.3. The van der Waals surface area contributed by atoms with Crippen molar-refractivity contribution >= 4 is 58.0 Å². The van der Waals surface area contributed by atoms with Crippen molar-refractivity contribution in [3.63, 3.8) is 0 Å². The summed E-state index contributed by atoms with van der Waals surface area (Å²) in [4.78, 5) is 67.8. The van der Waals surface area contributed by atoms with E-state index in [9.17, 15) is 27.6 Å². The Morgan fingerprint density at radius 3 is 2.48 bits per heavy atom. The molecule has 17 heteroatoms. The second-order valence-corrected chi connectivity index (χ2v) is 21.8. The third-order valence-corrected chi connectivity index (χ3v) is 17.7. The molecule has 2 N–H and O–H groups in total. The van der Waals surface area contributed by atoms with Gasteiger partial charge in [0.2, 0.25) is 30.6 Å². The van der Waals surface area contributed by atoms with E-state index in [2.05, 4.69) is 35.2 Å². The van der Waals surface area contributed by atoms with Gasteiger partial charge in [0.25, 0.3) is 10.2 Å². The van der Waals surface area contributed by atoms with Crippen molar-refractivity contribution in [3.05, 3.63) is 47.8 Å². The largest absolute Gasteiger partial charge is 0.376 e. The molecule has 4 atom stereocenters. The number of carbonyl (C=O) groups is 4. The first-order valence-electron chi connectivity index (χ1n) is 24.2. The van der Waals surface area contributed by atoms with Gasteiger partial charge in [-0.2, -0.15) is 22.0 Å². The highest BCUT2D eigenvalue weighted by Crippen LogP contribution is 2.58. The third kappa shape index (κ3) is 9.25. The number of hydrogen-bond acceptors (Lipinski definition) is 10. The second kappa shape index (κ2) is 19.3. The summed E-state index contributed by atoms with van der Waals surface area (Å²) < 4.78 is 32.0. The summed E-state index contributed by atoms with van der Waals surface area (Å²) in [6.45, 7) is 10.3. The minimum Gasteiger partial charge on any atom is -0.376 e. The number of amides is 4. The van der Waals surface area contributed by atoms with Gasteiger partial charge in [-0.15, -0.1) is 0 Å². The lowest BCUT2D eigenvalue weighted by molar-refractivity contribution is -0.130. The van der Waals surface area contributed by atoms with Crippen LogP contribution in [0.2, 0.25) is 0 Å². The van der Waals surface area contributed by atoms with E-state index in [-0.39, 0.29) is 29.9 Å². The number of nitrogens with zero attached hydrogens (tertiary/aromatic N) is 8. The first kappa shape index (κ1) is 46.9. The molecule has 2 saturated carbocycles. The molecule has 4 unspecified atom stereocenters. The monoisotopic (exact) mass is 915 g/mol. The van der Waals surface area contributed by atoms with Crippen molar-refractivity contribution in [2.24, 2.45) is 5.92 Å². The van der Waals surface area contributed by atoms with E-state index in [0.29, 0.717) is 95.2 Å². The fourth-order valence-electron chi connectivity index (χ4n) is 11.6. The van der Waals surface area contributed by atoms with Gasteiger partial charge in [-0.3, -0.25) is 24.1 Å². The number of benzene rings is 1. The quantitative estimate of drug-likeness (QED) is 0.128. The SMILES string of the molecule is C=C(CCC(C)N(C=O)c1cccc(CCCCCC(=O)N2CCC3(CCCN3S(=O)(=O)N3CCC(Nc4ncc5c(n4)N(C4CCCC4C)C(=O)C54CC4)CC3)C2)c1N(C)C)NC=O. The molecule has 0 bridgehead atoms. The molecular formula is C48H70N10O6S. The van der Waals surface area contributed by atoms with E-state index in [1.54, 1.807) is 13.5 Å². The number of anilines is 4. The molecule has 8 rings (SSSR count). The van der Waals surface area contributed by atoms with Crippen LogP contribution in [0.4, 0.5) is 23.1 Å². The van der Waals surface area contributed by atoms with Crippen LogP contribution in [0.25, 0.3) is 0 Å². The molecule has 6 aliphatic rings. The van der Waals surface area contributed by atoms with Crippen LogP contribution in [0.1, 0.15) is 128 Å². The van der Waals surface area contributed by atoms with Crippen LogP contribution in [0.3, 0.4) is 0 Å². The number of carbonyl (C=O) groups excluding carboxylic acids is 4. The van der Waals surface area contributed by atoms with Gasteiger partial charge in [-0.25, -0.2) is 4.98 Å². The minimum atomic E-state index is -3.74. The molecule has 16 nitrogen and oxygen atoms in total. The molecule has 4 aliphatic heterocycles. The van der Waals surface area contributed by atoms with Gasteiger partial charge in [-0.1, -0.05) is 38.5 Å². The zero-order valence-corrected chi connectivity index (χ0v) is 39.8. The fourth-order valence-corrected chi connectivity index (χ4v) is 13.7. The summed E-state index contributed by atoms with van der Waals surface area (Å²) in [6, 6.07) is 6.11. The van der Waals surface area contributed by atoms with Gasteiger partial charge in [-0.05, 0) is 114 Å². The van der Waals surface area contributed by atoms with Crippen molar-refractivity contribution in [1.82, 2.24) is 28.8 Å². The summed E-state index contributed by atoms with van der Waals surface area (Å²) in [5, 5.41) is 6.09. The van der Waals surface area contributed by atoms with Crippen LogP contribution < -0.4 is 25.3 Å². The summed E-state index contributed by atoms with van der Waals surface area (Å²) in [7, 11) is 0.216. The molecule has 354 valence electrons. The summed E-state index contributed by atoms with van der Waals surface area (Å²) in [6.07, 6.45) is 16.6. The van der Waals surface area contributed by atoms with E-state index in [1.807, 2.05) is 54.0 Å². The molecule has 2 spiro atoms. The topological polar surface area (TPSA) is 172 Å². The predicted octanol–water partition coefficient (Wildman–Crippen LogP) is 5.49. The number of unbranched alkanes of at least 4 members (excludes halogenated alkanes) is 2. The molecule has 1 aromatic carbocycles. The van der Waals surface area contributed by atoms with Gasteiger partial charge >= 0.3 is 0 Å². The van der Waals surface area contributed by atoms with E-state index in [0.717, 1.165) is 105 Å². The van der Waals surface area contributed by atoms with Gasteiger partial charge in [0, 0.05) is 88.8 Å². The summed E-state index contributed by atoms with van der Waals surface area (Å²) in [5.74, 6) is 1.99. The van der Waals surface area contributed by atoms with Gasteiger partial charge in [0.05, 0.1) is 22.3 Å². The Bertz CT molecular complexity index is 2230. The molecule has 1 aromatic heterocycles. The lowest BCUT2D eigenvalue weighted by Gasteiger charge is -2.39. The first-order valence-corrected chi connectivity index (χ1v) is 25.6. The molecule has 4 amide bonds. The maximum Gasteiger partial charge on any atom is 0.282 e. The highest BCUT2D eigenvalue weighted by Gasteiger charge is 2.62. The van der Waals surface area contributed by atoms with Crippen LogP contribution in [0.15, 0.2) is 36.7 Å². The molecular weight excluding hydrogens is 845 g/mol. The molecule has 65 heavy (non-hydrogen) atoms. The van der Waals surface area contributed by atoms with Gasteiger partial charge < -0.3 is 25.3 Å². The number of allylic oxidation sites excluding steroid dienone is 1. The van der Waals surface area contributed by atoms with Crippen LogP contribution in [0, 0.1) is 5.92 Å². The van der Waals surface area contributed by atoms with E-state index < -0.39 is 21.2 Å². The Kier molecular flexibility index (Phi) is 13.9. The smallest absolute Gasteiger partial charge is 0.282 e. The molecule has 5 heterocycles. The van der Waals surface area contributed by atoms with E-state index >= 15 is 0 Å². The Balaban J connectivity index is 0.809. The van der Waals surface area contributed by atoms with Gasteiger partial charge in [0.1, 0.15) is 5.82 Å². The Hall–Kier alpha value is -4.61. The summed E-state index contributed by atoms with van der Waals surface area (Å²) >= 11 is 0. The van der Waals surface area contributed by atoms with Crippen LogP contribution in [-0.2, 0) is 41.2 Å². The average molecular weight is 915 g/mol. The van der Waals surface area contributed by atoms with E-state index in [4.69, 9.17) is 4.98 Å². The third-order valence-electron chi connectivity index (χ3n) is 15.5. The normalized spacial score (nSPS) is 24.7. The first-order chi connectivity index (χ1) is 31.2. The second-order valence-electron chi connectivity index (χ2n) is 20.0. The number of rotatable bonds is 20. The van der Waals surface area contributed by atoms with Crippen molar-refractivity contribution in [2.45, 2.75) is 152 Å². The predicted molar refractivity (Wildman–Crippen MR) is 253 cm³/mol. The van der Waals surface area contributed by atoms with Crippen molar-refractivity contribution in [3.8, 4) is 0 Å². The van der Waals surface area contributed by atoms with Crippen molar-refractivity contribution in [2.75, 3.05) is 66.8 Å². The lowest BCUT2D eigenvalue weighted by Crippen LogP contribution is -2.56. The summed E-state index contributed by atoms with van der Waals surface area (Å²) in [5.41, 5.74) is 3.53. The molecule has 2 aliphatic carbocycles. The number of nitrogens with one attached hydrogen (secondary N) is 2. The highest BCUT2D eigenvalue weighted by molar-refractivity contribution is 7.86. The number of aromatic nitrogens is 2. The van der Waals surface area contributed by atoms with Crippen LogP contribution in [-0.4, -0.2) is 127 Å². The molecule has 0 radical (unpaired) electrons. The standard InChI is InChI=1S/C48H70N10O6S/c1-34-12-9-15-40(34)58-44-39(48(23-24-48)45(58)62)30-49-46(52-44)51-38-20-27-55(28-21-38)65(63,64)57-26-11-22-47(57)25-29-54(31-47)42(61)17-8-6-7-13-37-14-10-16-41(43(37)53(4)5)56(33-60)36(3)19-18-35(2)50-32-59/h10,14,16,30,32-34,36,38,40H,2,6-9,11-13,15,17-29,31H2,1,3-5H3,(H,50,59)(H,49,51,52). The van der Waals surface area contributed by atoms with Crippen LogP contribution in [0.5, 0.6) is 0 Å². The minimum absolute atomic E-state index is 0.00929. The van der Waals surface area contributed by atoms with Crippen molar-refractivity contribution in [1.29, 1.82) is 0 Å². The maximum absolute atomic E-state index is 14.3. The van der Waals surface area contributed by atoms with Gasteiger partial charge in [0.15, 0.2) is 0 Å². The Labute approximate surface area is 385 Å². The van der Waals surface area contributed by atoms with E-state index in [1.165, 1.54) is 0 Å². The number of para-hydroxylation sites is 1. The zero-order chi connectivity index (χ0) is 46.1. The lowest BCUT2D eigenvalue weighted by atomic mass is 9.97. The molecule has 2 aromatic rings. The number of fused-ring (bicyclic) bond motifs is 2. The Morgan fingerprint density at radius 1 is 1.00 bits per heavy atom. The highest BCUT2D eigenvalue weighted by atomic mass is 32.2. The number of aryl methyl sites for hydroxylation is 1. The number of likely N-dealkylation sites (tertiary alicyclic amines) is 1. The fraction of sp³-hybridized carbons (Fsp3) is 0.667. The zero-order valence-electron chi connectivity index (χ0n) is 39.0. The number of hydrogen-bond donors (Lipinski definition) is 2. The Morgan fingerprint density at radius 2 is 1.78 bits per heavy atom. The molecule has 3 saturated heterocycles. The van der Waals surface area contributed by atoms with Crippen LogP contribution >= 0.6 is 0 Å². The van der Waals surface area contributed by atoms with Crippen molar-refractivity contribution < 1.29 is 27.6 Å². The molecule has 5 fully saturated rings.